The Morgan fingerprint density at radius 1 is 1.07 bits per heavy atom. The summed E-state index contributed by atoms with van der Waals surface area (Å²) < 4.78 is 15.9. The zero-order chi connectivity index (χ0) is 20.7. The molecule has 0 radical (unpaired) electrons. The predicted molar refractivity (Wildman–Crippen MR) is 106 cm³/mol. The van der Waals surface area contributed by atoms with Gasteiger partial charge in [-0.2, -0.15) is 0 Å². The first-order chi connectivity index (χ1) is 13.3. The number of nitrogens with one attached hydrogen (secondary N) is 1. The van der Waals surface area contributed by atoms with E-state index < -0.39 is 12.0 Å². The lowest BCUT2D eigenvalue weighted by molar-refractivity contribution is -0.147. The first-order valence-electron chi connectivity index (χ1n) is 8.77. The quantitative estimate of drug-likeness (QED) is 0.468. The molecule has 0 aromatic heterocycles. The van der Waals surface area contributed by atoms with Crippen LogP contribution in [0.4, 0.5) is 11.4 Å². The van der Waals surface area contributed by atoms with Gasteiger partial charge in [-0.05, 0) is 48.9 Å². The molecule has 1 unspecified atom stereocenters. The molecule has 28 heavy (non-hydrogen) atoms. The van der Waals surface area contributed by atoms with Gasteiger partial charge in [0.1, 0.15) is 17.5 Å². The normalized spacial score (nSPS) is 11.4. The molecular weight excluding hydrogens is 362 g/mol. The van der Waals surface area contributed by atoms with Crippen LogP contribution in [-0.2, 0) is 20.7 Å². The summed E-state index contributed by atoms with van der Waals surface area (Å²) in [5.41, 5.74) is 13.5. The largest absolute Gasteiger partial charge is 0.497 e. The lowest BCUT2D eigenvalue weighted by Crippen LogP contribution is -2.42. The van der Waals surface area contributed by atoms with Crippen LogP contribution in [0.25, 0.3) is 0 Å². The third-order valence-electron chi connectivity index (χ3n) is 3.87. The topological polar surface area (TPSA) is 126 Å². The molecular formula is C20H25N3O5. The van der Waals surface area contributed by atoms with Gasteiger partial charge in [-0.1, -0.05) is 0 Å². The third kappa shape index (κ3) is 5.54. The monoisotopic (exact) mass is 387 g/mol. The van der Waals surface area contributed by atoms with E-state index in [1.807, 2.05) is 0 Å². The average molecular weight is 387 g/mol. The number of benzene rings is 2. The number of nitrogens with two attached hydrogens (primary N) is 2. The van der Waals surface area contributed by atoms with Crippen LogP contribution < -0.4 is 26.3 Å². The van der Waals surface area contributed by atoms with Gasteiger partial charge in [0.05, 0.1) is 25.1 Å². The van der Waals surface area contributed by atoms with Crippen molar-refractivity contribution in [2.75, 3.05) is 25.2 Å². The summed E-state index contributed by atoms with van der Waals surface area (Å²) >= 11 is 0. The molecule has 5 N–H and O–H groups in total. The molecule has 150 valence electrons. The van der Waals surface area contributed by atoms with Gasteiger partial charge >= 0.3 is 5.97 Å². The highest BCUT2D eigenvalue weighted by atomic mass is 16.5. The molecule has 0 heterocycles. The predicted octanol–water partition coefficient (Wildman–Crippen LogP) is 2.26. The number of carbonyl (C=O) groups is 2. The number of ether oxygens (including phenoxy) is 3. The zero-order valence-electron chi connectivity index (χ0n) is 16.2. The van der Waals surface area contributed by atoms with Crippen molar-refractivity contribution in [2.24, 2.45) is 0 Å². The second kappa shape index (κ2) is 9.50. The molecule has 0 bridgehead atoms. The van der Waals surface area contributed by atoms with Gasteiger partial charge in [0.2, 0.25) is 5.91 Å². The zero-order valence-corrected chi connectivity index (χ0v) is 16.2. The number of anilines is 2. The fourth-order valence-electron chi connectivity index (χ4n) is 2.65. The van der Waals surface area contributed by atoms with E-state index in [2.05, 4.69) is 5.32 Å². The standard InChI is InChI=1S/C20H25N3O5/c1-4-27-20(25)18(23-12(2)24)11-13-9-16(21)19(17(22)10-13)28-15-7-5-14(26-3)6-8-15/h5-10,18H,4,11,21-22H2,1-3H3,(H,23,24). The molecule has 1 amide bonds. The summed E-state index contributed by atoms with van der Waals surface area (Å²) in [6.45, 7) is 3.25. The van der Waals surface area contributed by atoms with Crippen LogP contribution in [0.5, 0.6) is 17.2 Å². The Kier molecular flexibility index (Phi) is 7.08. The number of rotatable bonds is 8. The van der Waals surface area contributed by atoms with Gasteiger partial charge in [0.25, 0.3) is 0 Å². The number of methoxy groups -OCH3 is 1. The number of hydrogen-bond acceptors (Lipinski definition) is 7. The van der Waals surface area contributed by atoms with Crippen molar-refractivity contribution in [2.45, 2.75) is 26.3 Å². The Morgan fingerprint density at radius 2 is 1.64 bits per heavy atom. The number of amides is 1. The summed E-state index contributed by atoms with van der Waals surface area (Å²) in [5, 5.41) is 2.58. The molecule has 8 heteroatoms. The lowest BCUT2D eigenvalue weighted by atomic mass is 10.0. The van der Waals surface area contributed by atoms with Crippen molar-refractivity contribution in [3.8, 4) is 17.2 Å². The Morgan fingerprint density at radius 3 is 2.14 bits per heavy atom. The number of nitrogen functional groups attached to an aromatic ring is 2. The minimum Gasteiger partial charge on any atom is -0.497 e. The molecule has 1 atom stereocenters. The molecule has 0 aliphatic carbocycles. The van der Waals surface area contributed by atoms with Crippen molar-refractivity contribution in [3.05, 3.63) is 42.0 Å². The van der Waals surface area contributed by atoms with Crippen LogP contribution in [0, 0.1) is 0 Å². The fourth-order valence-corrected chi connectivity index (χ4v) is 2.65. The molecule has 2 rings (SSSR count). The Balaban J connectivity index is 2.20. The van der Waals surface area contributed by atoms with Crippen molar-refractivity contribution < 1.29 is 23.8 Å². The Bertz CT molecular complexity index is 813. The highest BCUT2D eigenvalue weighted by molar-refractivity contribution is 5.83. The molecule has 0 saturated heterocycles. The maximum absolute atomic E-state index is 12.1. The second-order valence-corrected chi connectivity index (χ2v) is 6.09. The molecule has 0 aliphatic heterocycles. The maximum Gasteiger partial charge on any atom is 0.328 e. The molecule has 2 aromatic rings. The molecule has 8 nitrogen and oxygen atoms in total. The van der Waals surface area contributed by atoms with Crippen molar-refractivity contribution in [1.82, 2.24) is 5.32 Å². The Labute approximate surface area is 163 Å². The number of hydrogen-bond donors (Lipinski definition) is 3. The van der Waals surface area contributed by atoms with E-state index in [1.165, 1.54) is 6.92 Å². The SMILES string of the molecule is CCOC(=O)C(Cc1cc(N)c(Oc2ccc(OC)cc2)c(N)c1)NC(C)=O. The van der Waals surface area contributed by atoms with E-state index in [0.717, 1.165) is 0 Å². The smallest absolute Gasteiger partial charge is 0.328 e. The van der Waals surface area contributed by atoms with Crippen LogP contribution >= 0.6 is 0 Å². The number of carbonyl (C=O) groups excluding carboxylic acids is 2. The highest BCUT2D eigenvalue weighted by Gasteiger charge is 2.22. The molecule has 0 saturated carbocycles. The average Bonchev–Trinajstić information content (AvgIpc) is 2.64. The second-order valence-electron chi connectivity index (χ2n) is 6.09. The van der Waals surface area contributed by atoms with E-state index in [4.69, 9.17) is 25.7 Å². The third-order valence-corrected chi connectivity index (χ3v) is 3.87. The van der Waals surface area contributed by atoms with Crippen LogP contribution in [0.15, 0.2) is 36.4 Å². The first-order valence-corrected chi connectivity index (χ1v) is 8.77. The summed E-state index contributed by atoms with van der Waals surface area (Å²) in [5.74, 6) is 0.717. The van der Waals surface area contributed by atoms with Crippen LogP contribution in [0.1, 0.15) is 19.4 Å². The first kappa shape index (κ1) is 20.9. The van der Waals surface area contributed by atoms with Crippen molar-refractivity contribution in [3.63, 3.8) is 0 Å². The number of esters is 1. The summed E-state index contributed by atoms with van der Waals surface area (Å²) in [4.78, 5) is 23.5. The molecule has 0 spiro atoms. The maximum atomic E-state index is 12.1. The summed E-state index contributed by atoms with van der Waals surface area (Å²) in [6, 6.07) is 9.47. The van der Waals surface area contributed by atoms with Gasteiger partial charge in [-0.3, -0.25) is 4.79 Å². The van der Waals surface area contributed by atoms with Gasteiger partial charge < -0.3 is 31.0 Å². The summed E-state index contributed by atoms with van der Waals surface area (Å²) in [6.07, 6.45) is 0.190. The van der Waals surface area contributed by atoms with Crippen LogP contribution in [0.2, 0.25) is 0 Å². The molecule has 0 aliphatic rings. The van der Waals surface area contributed by atoms with E-state index in [9.17, 15) is 9.59 Å². The van der Waals surface area contributed by atoms with Crippen molar-refractivity contribution >= 4 is 23.3 Å². The van der Waals surface area contributed by atoms with Gasteiger partial charge in [-0.25, -0.2) is 4.79 Å². The van der Waals surface area contributed by atoms with Crippen LogP contribution in [-0.4, -0.2) is 31.6 Å². The summed E-state index contributed by atoms with van der Waals surface area (Å²) in [7, 11) is 1.58. The minimum absolute atomic E-state index is 0.190. The highest BCUT2D eigenvalue weighted by Crippen LogP contribution is 2.35. The van der Waals surface area contributed by atoms with Gasteiger partial charge in [0.15, 0.2) is 5.75 Å². The fraction of sp³-hybridized carbons (Fsp3) is 0.300. The minimum atomic E-state index is -0.829. The lowest BCUT2D eigenvalue weighted by Gasteiger charge is -2.18. The Hall–Kier alpha value is -3.42. The van der Waals surface area contributed by atoms with Crippen molar-refractivity contribution in [1.29, 1.82) is 0 Å². The van der Waals surface area contributed by atoms with E-state index in [0.29, 0.717) is 34.2 Å². The van der Waals surface area contributed by atoms with Crippen LogP contribution in [0.3, 0.4) is 0 Å². The molecule has 0 fully saturated rings. The van der Waals surface area contributed by atoms with E-state index in [1.54, 1.807) is 50.4 Å². The molecule has 2 aromatic carbocycles. The van der Waals surface area contributed by atoms with E-state index >= 15 is 0 Å². The van der Waals surface area contributed by atoms with Gasteiger partial charge in [0, 0.05) is 13.3 Å². The van der Waals surface area contributed by atoms with Gasteiger partial charge in [-0.15, -0.1) is 0 Å². The van der Waals surface area contributed by atoms with E-state index in [-0.39, 0.29) is 18.9 Å².